The summed E-state index contributed by atoms with van der Waals surface area (Å²) in [6, 6.07) is 0. The Morgan fingerprint density at radius 2 is 0.682 bits per heavy atom. The van der Waals surface area contributed by atoms with Crippen LogP contribution in [0.2, 0.25) is 0 Å². The quantitative estimate of drug-likeness (QED) is 0.241. The third-order valence-electron chi connectivity index (χ3n) is 2.17. The van der Waals surface area contributed by atoms with Crippen molar-refractivity contribution in [2.45, 2.75) is 18.3 Å². The van der Waals surface area contributed by atoms with Crippen LogP contribution in [0.1, 0.15) is 0 Å². The molecule has 0 aliphatic heterocycles. The molecule has 0 amide bonds. The largest absolute Gasteiger partial charge is 0.162 e. The minimum atomic E-state index is -0.868. The molecule has 0 aromatic rings. The van der Waals surface area contributed by atoms with E-state index in [0.717, 1.165) is 3.74 Å². The van der Waals surface area contributed by atoms with Crippen LogP contribution in [0, 0.1) is 3.74 Å². The van der Waals surface area contributed by atoms with Gasteiger partial charge < -0.3 is 0 Å². The first-order valence-electron chi connectivity index (χ1n) is 4.33. The van der Waals surface area contributed by atoms with Crippen molar-refractivity contribution >= 4 is 239 Å². The Morgan fingerprint density at radius 3 is 0.909 bits per heavy atom. The second-order valence-corrected chi connectivity index (χ2v) is 30.3. The van der Waals surface area contributed by atoms with Gasteiger partial charge in [0.2, 0.25) is 0 Å². The van der Waals surface area contributed by atoms with E-state index in [2.05, 4.69) is 239 Å². The molecule has 0 nitrogen and oxygen atoms in total. The zero-order chi connectivity index (χ0) is 18.6. The average Bonchev–Trinajstić information content (AvgIpc) is 2.25. The Hall–Kier alpha value is 7.20. The van der Waals surface area contributed by atoms with Crippen LogP contribution >= 0.6 is 239 Å². The van der Waals surface area contributed by atoms with Gasteiger partial charge in [0.15, 0.2) is 2.14 Å². The van der Waals surface area contributed by atoms with E-state index in [1.807, 2.05) is 0 Å². The molecule has 15 heteroatoms. The molecule has 0 saturated carbocycles. The molecule has 0 saturated heterocycles. The Balaban J connectivity index is 6.24. The van der Waals surface area contributed by atoms with Crippen LogP contribution < -0.4 is 0 Å². The van der Waals surface area contributed by atoms with Crippen molar-refractivity contribution in [2.24, 2.45) is 0 Å². The number of alkyl halides is 13. The van der Waals surface area contributed by atoms with Crippen LogP contribution in [0.5, 0.6) is 0 Å². The summed E-state index contributed by atoms with van der Waals surface area (Å²) in [6.45, 7) is 0. The van der Waals surface area contributed by atoms with Gasteiger partial charge in [-0.25, -0.2) is 0 Å². The molecule has 0 aliphatic carbocycles. The summed E-state index contributed by atoms with van der Waals surface area (Å²) in [5.74, 6) is 0. The number of rotatable bonds is 5. The molecule has 0 aromatic heterocycles. The molecule has 1 radical (unpaired) electrons. The predicted molar refractivity (Wildman–Crippen MR) is 154 cm³/mol. The smallest absolute Gasteiger partial charge is 0.0675 e. The maximum absolute atomic E-state index is 3.75. The standard InChI is InChI=1S/C7Br15/c8-1(9)2(10,11)3(12,13)4(14,15)5(16,17)6(18,19)7(20,21)22. The Bertz CT molecular complexity index is 401. The summed E-state index contributed by atoms with van der Waals surface area (Å²) in [6.07, 6.45) is 0. The van der Waals surface area contributed by atoms with Gasteiger partial charge in [-0.2, -0.15) is 0 Å². The second-order valence-electron chi connectivity index (χ2n) is 3.63. The fourth-order valence-corrected chi connectivity index (χ4v) is 12.8. The molecular weight excluding hydrogens is 1280 g/mol. The van der Waals surface area contributed by atoms with Crippen molar-refractivity contribution in [1.82, 2.24) is 0 Å². The fourth-order valence-electron chi connectivity index (χ4n) is 0.888. The SMILES string of the molecule is Br[C](Br)C(Br)(Br)C(Br)(Br)C(Br)(Br)C(Br)(Br)C(Br)(Br)C(Br)(Br)Br. The molecule has 133 valence electrons. The molecule has 0 bridgehead atoms. The molecule has 0 spiro atoms. The number of hydrogen-bond acceptors (Lipinski definition) is 0. The van der Waals surface area contributed by atoms with Gasteiger partial charge in [0.05, 0.1) is 0 Å². The Morgan fingerprint density at radius 1 is 0.409 bits per heavy atom. The van der Waals surface area contributed by atoms with Crippen LogP contribution in [0.25, 0.3) is 0 Å². The van der Waals surface area contributed by atoms with Crippen LogP contribution in [-0.4, -0.2) is 18.3 Å². The molecule has 0 heterocycles. The summed E-state index contributed by atoms with van der Waals surface area (Å²) in [4.78, 5) is 0. The third kappa shape index (κ3) is 5.51. The van der Waals surface area contributed by atoms with Gasteiger partial charge in [-0.1, -0.05) is 239 Å². The summed E-state index contributed by atoms with van der Waals surface area (Å²) in [5.41, 5.74) is 0. The summed E-state index contributed by atoms with van der Waals surface area (Å²) in [7, 11) is 0. The first-order chi connectivity index (χ1) is 9.19. The lowest BCUT2D eigenvalue weighted by Crippen LogP contribution is -2.63. The molecule has 0 rings (SSSR count). The summed E-state index contributed by atoms with van der Waals surface area (Å²) >= 11 is 54.5. The highest BCUT2D eigenvalue weighted by atomic mass is 80.0. The zero-order valence-electron chi connectivity index (χ0n) is 9.17. The van der Waals surface area contributed by atoms with Crippen LogP contribution in [-0.2, 0) is 0 Å². The van der Waals surface area contributed by atoms with E-state index in [9.17, 15) is 0 Å². The number of halogens is 15. The molecule has 0 aromatic carbocycles. The molecule has 22 heavy (non-hydrogen) atoms. The summed E-state index contributed by atoms with van der Waals surface area (Å²) < 4.78 is -4.10. The number of hydrogen-bond donors (Lipinski definition) is 0. The van der Waals surface area contributed by atoms with Crippen molar-refractivity contribution in [1.29, 1.82) is 0 Å². The highest BCUT2D eigenvalue weighted by Crippen LogP contribution is 2.75. The Kier molecular flexibility index (Phi) is 13.0. The first kappa shape index (κ1) is 29.2. The van der Waals surface area contributed by atoms with Gasteiger partial charge in [-0.3, -0.25) is 0 Å². The Labute approximate surface area is 255 Å². The van der Waals surface area contributed by atoms with Crippen molar-refractivity contribution in [3.8, 4) is 0 Å². The van der Waals surface area contributed by atoms with E-state index in [1.54, 1.807) is 0 Å². The van der Waals surface area contributed by atoms with Gasteiger partial charge >= 0.3 is 0 Å². The van der Waals surface area contributed by atoms with E-state index in [0.29, 0.717) is 0 Å². The van der Waals surface area contributed by atoms with Crippen molar-refractivity contribution in [3.63, 3.8) is 0 Å². The fraction of sp³-hybridized carbons (Fsp3) is 0.857. The highest BCUT2D eigenvalue weighted by Gasteiger charge is 2.73. The zero-order valence-corrected chi connectivity index (χ0v) is 33.0. The van der Waals surface area contributed by atoms with E-state index in [4.69, 9.17) is 0 Å². The van der Waals surface area contributed by atoms with Crippen molar-refractivity contribution in [2.75, 3.05) is 0 Å². The maximum Gasteiger partial charge on any atom is 0.162 e. The summed E-state index contributed by atoms with van der Waals surface area (Å²) in [5, 5.41) is 0. The molecule has 0 aliphatic rings. The van der Waals surface area contributed by atoms with Gasteiger partial charge in [0.25, 0.3) is 0 Å². The van der Waals surface area contributed by atoms with E-state index < -0.39 is 18.3 Å². The molecule has 0 atom stereocenters. The van der Waals surface area contributed by atoms with Crippen molar-refractivity contribution < 1.29 is 0 Å². The first-order valence-corrected chi connectivity index (χ1v) is 16.2. The minimum Gasteiger partial charge on any atom is -0.0675 e. The molecule has 0 N–H and O–H groups in total. The minimum absolute atomic E-state index is 0.716. The maximum atomic E-state index is 3.75. The van der Waals surface area contributed by atoms with Gasteiger partial charge in [0.1, 0.15) is 19.9 Å². The van der Waals surface area contributed by atoms with Crippen molar-refractivity contribution in [3.05, 3.63) is 3.74 Å². The lowest BCUT2D eigenvalue weighted by Gasteiger charge is -2.54. The average molecular weight is 1280 g/mol. The van der Waals surface area contributed by atoms with Gasteiger partial charge in [-0.15, -0.1) is 0 Å². The predicted octanol–water partition coefficient (Wildman–Crippen LogP) is 11.5. The van der Waals surface area contributed by atoms with E-state index in [-0.39, 0.29) is 0 Å². The molecular formula is C7Br15. The van der Waals surface area contributed by atoms with Crippen LogP contribution in [0.3, 0.4) is 0 Å². The molecule has 0 fully saturated rings. The van der Waals surface area contributed by atoms with E-state index in [1.165, 1.54) is 0 Å². The third-order valence-corrected chi connectivity index (χ3v) is 30.5. The normalized spacial score (nSPS) is 16.4. The monoisotopic (exact) mass is 1270 g/mol. The van der Waals surface area contributed by atoms with Crippen LogP contribution in [0.15, 0.2) is 0 Å². The lowest BCUT2D eigenvalue weighted by molar-refractivity contribution is 0.651. The van der Waals surface area contributed by atoms with Crippen LogP contribution in [0.4, 0.5) is 0 Å². The topological polar surface area (TPSA) is 0 Å². The van der Waals surface area contributed by atoms with Gasteiger partial charge in [-0.05, 0) is 0 Å². The lowest BCUT2D eigenvalue weighted by atomic mass is 10.1. The highest BCUT2D eigenvalue weighted by molar-refractivity contribution is 9.42. The second kappa shape index (κ2) is 9.77. The van der Waals surface area contributed by atoms with E-state index >= 15 is 0 Å². The van der Waals surface area contributed by atoms with Gasteiger partial charge in [0, 0.05) is 0 Å². The molecule has 0 unspecified atom stereocenters.